The van der Waals surface area contributed by atoms with E-state index in [0.29, 0.717) is 6.54 Å². The molecule has 0 aliphatic heterocycles. The van der Waals surface area contributed by atoms with Crippen LogP contribution in [0.15, 0.2) is 12.2 Å². The lowest BCUT2D eigenvalue weighted by Crippen LogP contribution is -2.37. The Labute approximate surface area is 82.8 Å². The van der Waals surface area contributed by atoms with Crippen LogP contribution in [0, 0.1) is 0 Å². The predicted octanol–water partition coefficient (Wildman–Crippen LogP) is -1.11. The number of nitrogens with one attached hydrogen (secondary N) is 1. The van der Waals surface area contributed by atoms with E-state index in [-0.39, 0.29) is 6.54 Å². The SMILES string of the molecule is CC(C(=O)O)S(=O)(=O)NC/C=C/CN. The van der Waals surface area contributed by atoms with Crippen molar-refractivity contribution >= 4 is 16.0 Å². The monoisotopic (exact) mass is 222 g/mol. The first-order chi connectivity index (χ1) is 6.41. The molecule has 4 N–H and O–H groups in total. The topological polar surface area (TPSA) is 109 Å². The van der Waals surface area contributed by atoms with Gasteiger partial charge in [0.15, 0.2) is 5.25 Å². The highest BCUT2D eigenvalue weighted by atomic mass is 32.2. The van der Waals surface area contributed by atoms with Crippen LogP contribution < -0.4 is 10.5 Å². The highest BCUT2D eigenvalue weighted by Gasteiger charge is 2.26. The Kier molecular flexibility index (Phi) is 5.36. The Morgan fingerprint density at radius 1 is 1.57 bits per heavy atom. The maximum atomic E-state index is 11.2. The smallest absolute Gasteiger partial charge is 0.323 e. The molecular formula is C7H14N2O4S. The number of carboxylic acid groups (broad SMARTS) is 1. The van der Waals surface area contributed by atoms with Gasteiger partial charge in [-0.15, -0.1) is 0 Å². The van der Waals surface area contributed by atoms with Crippen LogP contribution in [0.25, 0.3) is 0 Å². The summed E-state index contributed by atoms with van der Waals surface area (Å²) in [5.41, 5.74) is 5.13. The molecule has 0 aromatic heterocycles. The zero-order valence-corrected chi connectivity index (χ0v) is 8.62. The van der Waals surface area contributed by atoms with Crippen molar-refractivity contribution in [3.05, 3.63) is 12.2 Å². The summed E-state index contributed by atoms with van der Waals surface area (Å²) in [6.45, 7) is 1.48. The third-order valence-electron chi connectivity index (χ3n) is 1.52. The standard InChI is InChI=1S/C7H14N2O4S/c1-6(7(10)11)14(12,13)9-5-3-2-4-8/h2-3,6,9H,4-5,8H2,1H3,(H,10,11)/b3-2+. The zero-order chi connectivity index (χ0) is 11.2. The molecule has 0 rings (SSSR count). The quantitative estimate of drug-likeness (QED) is 0.494. The van der Waals surface area contributed by atoms with Crippen molar-refractivity contribution in [3.63, 3.8) is 0 Å². The van der Waals surface area contributed by atoms with Crippen LogP contribution in [0.3, 0.4) is 0 Å². The summed E-state index contributed by atoms with van der Waals surface area (Å²) in [6, 6.07) is 0. The first-order valence-electron chi connectivity index (χ1n) is 3.98. The summed E-state index contributed by atoms with van der Waals surface area (Å²) in [7, 11) is -3.78. The number of carbonyl (C=O) groups is 1. The summed E-state index contributed by atoms with van der Waals surface area (Å²) >= 11 is 0. The summed E-state index contributed by atoms with van der Waals surface area (Å²) in [5.74, 6) is -1.37. The Bertz CT molecular complexity index is 310. The van der Waals surface area contributed by atoms with Gasteiger partial charge in [0.25, 0.3) is 0 Å². The van der Waals surface area contributed by atoms with Crippen LogP contribution in [-0.2, 0) is 14.8 Å². The predicted molar refractivity (Wildman–Crippen MR) is 52.2 cm³/mol. The maximum absolute atomic E-state index is 11.2. The molecule has 0 saturated carbocycles. The largest absolute Gasteiger partial charge is 0.480 e. The number of rotatable bonds is 6. The van der Waals surface area contributed by atoms with E-state index >= 15 is 0 Å². The fourth-order valence-electron chi connectivity index (χ4n) is 0.602. The van der Waals surface area contributed by atoms with E-state index in [1.54, 1.807) is 6.08 Å². The van der Waals surface area contributed by atoms with Gasteiger partial charge >= 0.3 is 5.97 Å². The van der Waals surface area contributed by atoms with Crippen molar-refractivity contribution in [1.82, 2.24) is 4.72 Å². The van der Waals surface area contributed by atoms with Crippen molar-refractivity contribution in [3.8, 4) is 0 Å². The van der Waals surface area contributed by atoms with Gasteiger partial charge < -0.3 is 10.8 Å². The lowest BCUT2D eigenvalue weighted by molar-refractivity contribution is -0.136. The first-order valence-corrected chi connectivity index (χ1v) is 5.52. The van der Waals surface area contributed by atoms with Crippen LogP contribution in [0.4, 0.5) is 0 Å². The Morgan fingerprint density at radius 2 is 2.14 bits per heavy atom. The number of hydrogen-bond acceptors (Lipinski definition) is 4. The van der Waals surface area contributed by atoms with Crippen molar-refractivity contribution in [2.45, 2.75) is 12.2 Å². The molecule has 0 aromatic carbocycles. The third-order valence-corrected chi connectivity index (χ3v) is 3.22. The molecule has 0 amide bonds. The van der Waals surface area contributed by atoms with Gasteiger partial charge in [0.1, 0.15) is 0 Å². The molecule has 0 aliphatic carbocycles. The molecule has 0 aromatic rings. The summed E-state index contributed by atoms with van der Waals surface area (Å²) in [6.07, 6.45) is 3.10. The maximum Gasteiger partial charge on any atom is 0.323 e. The molecule has 0 fully saturated rings. The van der Waals surface area contributed by atoms with Crippen molar-refractivity contribution in [2.24, 2.45) is 5.73 Å². The molecule has 0 spiro atoms. The van der Waals surface area contributed by atoms with Gasteiger partial charge in [-0.2, -0.15) is 0 Å². The Hall–Kier alpha value is -0.920. The van der Waals surface area contributed by atoms with Gasteiger partial charge in [0.05, 0.1) is 0 Å². The molecular weight excluding hydrogens is 208 g/mol. The van der Waals surface area contributed by atoms with E-state index in [2.05, 4.69) is 4.72 Å². The summed E-state index contributed by atoms with van der Waals surface area (Å²) in [4.78, 5) is 10.4. The lowest BCUT2D eigenvalue weighted by Gasteiger charge is -2.07. The molecule has 0 bridgehead atoms. The number of aliphatic carboxylic acids is 1. The van der Waals surface area contributed by atoms with Crippen LogP contribution in [0.1, 0.15) is 6.92 Å². The number of nitrogens with two attached hydrogens (primary N) is 1. The second kappa shape index (κ2) is 5.74. The second-order valence-electron chi connectivity index (χ2n) is 2.58. The molecule has 6 nitrogen and oxygen atoms in total. The van der Waals surface area contributed by atoms with Crippen LogP contribution in [0.2, 0.25) is 0 Å². The van der Waals surface area contributed by atoms with Crippen LogP contribution in [0.5, 0.6) is 0 Å². The summed E-state index contributed by atoms with van der Waals surface area (Å²) < 4.78 is 24.5. The lowest BCUT2D eigenvalue weighted by atomic mass is 10.5. The van der Waals surface area contributed by atoms with E-state index in [1.165, 1.54) is 6.08 Å². The van der Waals surface area contributed by atoms with Crippen molar-refractivity contribution < 1.29 is 18.3 Å². The molecule has 0 aliphatic rings. The molecule has 0 saturated heterocycles. The minimum atomic E-state index is -3.78. The van der Waals surface area contributed by atoms with Gasteiger partial charge in [-0.3, -0.25) is 4.79 Å². The third kappa shape index (κ3) is 4.35. The average molecular weight is 222 g/mol. The molecule has 0 heterocycles. The number of carboxylic acids is 1. The Balaban J connectivity index is 4.22. The molecule has 1 unspecified atom stereocenters. The van der Waals surface area contributed by atoms with Crippen molar-refractivity contribution in [1.29, 1.82) is 0 Å². The molecule has 82 valence electrons. The van der Waals surface area contributed by atoms with Crippen LogP contribution >= 0.6 is 0 Å². The highest BCUT2D eigenvalue weighted by Crippen LogP contribution is 1.97. The first kappa shape index (κ1) is 13.1. The van der Waals surface area contributed by atoms with Crippen LogP contribution in [-0.4, -0.2) is 37.8 Å². The van der Waals surface area contributed by atoms with E-state index < -0.39 is 21.2 Å². The minimum absolute atomic E-state index is 0.0527. The zero-order valence-electron chi connectivity index (χ0n) is 7.80. The van der Waals surface area contributed by atoms with Gasteiger partial charge in [-0.25, -0.2) is 13.1 Å². The van der Waals surface area contributed by atoms with E-state index in [4.69, 9.17) is 10.8 Å². The fourth-order valence-corrected chi connectivity index (χ4v) is 1.45. The van der Waals surface area contributed by atoms with Gasteiger partial charge in [-0.1, -0.05) is 12.2 Å². The van der Waals surface area contributed by atoms with Crippen molar-refractivity contribution in [2.75, 3.05) is 13.1 Å². The Morgan fingerprint density at radius 3 is 2.57 bits per heavy atom. The van der Waals surface area contributed by atoms with E-state index in [9.17, 15) is 13.2 Å². The fraction of sp³-hybridized carbons (Fsp3) is 0.571. The normalized spacial score (nSPS) is 14.4. The average Bonchev–Trinajstić information content (AvgIpc) is 2.11. The highest BCUT2D eigenvalue weighted by molar-refractivity contribution is 7.90. The van der Waals surface area contributed by atoms with E-state index in [1.807, 2.05) is 0 Å². The molecule has 14 heavy (non-hydrogen) atoms. The minimum Gasteiger partial charge on any atom is -0.480 e. The van der Waals surface area contributed by atoms with E-state index in [0.717, 1.165) is 6.92 Å². The number of sulfonamides is 1. The van der Waals surface area contributed by atoms with Gasteiger partial charge in [0, 0.05) is 13.1 Å². The number of hydrogen-bond donors (Lipinski definition) is 3. The molecule has 1 atom stereocenters. The van der Waals surface area contributed by atoms with Gasteiger partial charge in [-0.05, 0) is 6.92 Å². The summed E-state index contributed by atoms with van der Waals surface area (Å²) in [5, 5.41) is 7.01. The second-order valence-corrected chi connectivity index (χ2v) is 4.67. The molecule has 0 radical (unpaired) electrons. The molecule has 7 heteroatoms. The van der Waals surface area contributed by atoms with Gasteiger partial charge in [0.2, 0.25) is 10.0 Å².